The molecular weight excluding hydrogens is 384 g/mol. The molecule has 140 valence electrons. The molecule has 0 atom stereocenters. The van der Waals surface area contributed by atoms with Crippen LogP contribution in [0.25, 0.3) is 0 Å². The fourth-order valence-corrected chi connectivity index (χ4v) is 5.13. The van der Waals surface area contributed by atoms with Crippen molar-refractivity contribution in [2.45, 2.75) is 24.7 Å². The molecule has 0 aromatic heterocycles. The lowest BCUT2D eigenvalue weighted by atomic mass is 10.2. The smallest absolute Gasteiger partial charge is 0.267 e. The molecular formula is C20H19ClN2O3S. The van der Waals surface area contributed by atoms with E-state index in [2.05, 4.69) is 0 Å². The number of rotatable bonds is 2. The average Bonchev–Trinajstić information content (AvgIpc) is 3.17. The summed E-state index contributed by atoms with van der Waals surface area (Å²) in [5.74, 6) is -0.440. The van der Waals surface area contributed by atoms with Crippen molar-refractivity contribution in [2.75, 3.05) is 18.0 Å². The predicted molar refractivity (Wildman–Crippen MR) is 106 cm³/mol. The number of anilines is 2. The summed E-state index contributed by atoms with van der Waals surface area (Å²) in [5.41, 5.74) is 2.31. The zero-order valence-electron chi connectivity index (χ0n) is 14.9. The SMILES string of the molecule is Cc1ccc(N2C=C(C(=O)N3CCCC3)S(=O)(=O)c3ccc(Cl)cc32)cc1. The number of hydrogen-bond donors (Lipinski definition) is 0. The maximum atomic E-state index is 13.2. The van der Waals surface area contributed by atoms with E-state index in [-0.39, 0.29) is 9.80 Å². The molecule has 0 spiro atoms. The first-order valence-electron chi connectivity index (χ1n) is 8.79. The number of sulfone groups is 1. The molecule has 2 aromatic rings. The molecule has 5 nitrogen and oxygen atoms in total. The highest BCUT2D eigenvalue weighted by molar-refractivity contribution is 7.96. The van der Waals surface area contributed by atoms with Gasteiger partial charge in [-0.05, 0) is 50.1 Å². The van der Waals surface area contributed by atoms with Crippen LogP contribution < -0.4 is 4.90 Å². The summed E-state index contributed by atoms with van der Waals surface area (Å²) in [7, 11) is -3.92. The Hall–Kier alpha value is -2.31. The summed E-state index contributed by atoms with van der Waals surface area (Å²) in [6, 6.07) is 12.3. The van der Waals surface area contributed by atoms with Gasteiger partial charge in [-0.15, -0.1) is 0 Å². The van der Waals surface area contributed by atoms with E-state index in [4.69, 9.17) is 11.6 Å². The molecule has 0 N–H and O–H groups in total. The molecule has 2 heterocycles. The summed E-state index contributed by atoms with van der Waals surface area (Å²) in [4.78, 5) is 16.2. The van der Waals surface area contributed by atoms with E-state index in [0.29, 0.717) is 23.8 Å². The number of hydrogen-bond acceptors (Lipinski definition) is 4. The van der Waals surface area contributed by atoms with Crippen LogP contribution in [0.3, 0.4) is 0 Å². The molecule has 27 heavy (non-hydrogen) atoms. The molecule has 7 heteroatoms. The topological polar surface area (TPSA) is 57.7 Å². The third-order valence-electron chi connectivity index (χ3n) is 4.92. The van der Waals surface area contributed by atoms with Gasteiger partial charge in [-0.25, -0.2) is 8.42 Å². The van der Waals surface area contributed by atoms with Crippen molar-refractivity contribution < 1.29 is 13.2 Å². The Morgan fingerprint density at radius 3 is 2.37 bits per heavy atom. The molecule has 4 rings (SSSR count). The zero-order valence-corrected chi connectivity index (χ0v) is 16.4. The summed E-state index contributed by atoms with van der Waals surface area (Å²) >= 11 is 6.13. The van der Waals surface area contributed by atoms with Crippen LogP contribution in [0.5, 0.6) is 0 Å². The third kappa shape index (κ3) is 3.13. The number of likely N-dealkylation sites (tertiary alicyclic amines) is 1. The van der Waals surface area contributed by atoms with Gasteiger partial charge in [0, 0.05) is 30.0 Å². The lowest BCUT2D eigenvalue weighted by Gasteiger charge is -2.30. The molecule has 1 saturated heterocycles. The number of nitrogens with zero attached hydrogens (tertiary/aromatic N) is 2. The van der Waals surface area contributed by atoms with Crippen molar-refractivity contribution in [1.29, 1.82) is 0 Å². The Balaban J connectivity index is 1.90. The van der Waals surface area contributed by atoms with Crippen LogP contribution in [-0.2, 0) is 14.6 Å². The number of fused-ring (bicyclic) bond motifs is 1. The molecule has 0 bridgehead atoms. The summed E-state index contributed by atoms with van der Waals surface area (Å²) in [5, 5.41) is 0.434. The van der Waals surface area contributed by atoms with E-state index < -0.39 is 15.7 Å². The van der Waals surface area contributed by atoms with Gasteiger partial charge < -0.3 is 9.80 Å². The maximum absolute atomic E-state index is 13.2. The van der Waals surface area contributed by atoms with Gasteiger partial charge in [0.25, 0.3) is 5.91 Å². The molecule has 0 radical (unpaired) electrons. The molecule has 2 aliphatic rings. The quantitative estimate of drug-likeness (QED) is 0.760. The minimum absolute atomic E-state index is 0.0949. The predicted octanol–water partition coefficient (Wildman–Crippen LogP) is 4.04. The Morgan fingerprint density at radius 1 is 1.04 bits per heavy atom. The fraction of sp³-hybridized carbons (Fsp3) is 0.250. The van der Waals surface area contributed by atoms with E-state index >= 15 is 0 Å². The van der Waals surface area contributed by atoms with Gasteiger partial charge in [-0.1, -0.05) is 29.3 Å². The van der Waals surface area contributed by atoms with E-state index in [9.17, 15) is 13.2 Å². The molecule has 2 aliphatic heterocycles. The van der Waals surface area contributed by atoms with E-state index in [0.717, 1.165) is 24.1 Å². The molecule has 2 aromatic carbocycles. The lowest BCUT2D eigenvalue weighted by molar-refractivity contribution is -0.125. The minimum atomic E-state index is -3.92. The molecule has 0 aliphatic carbocycles. The van der Waals surface area contributed by atoms with Gasteiger partial charge in [0.2, 0.25) is 9.84 Å². The number of carbonyl (C=O) groups excluding carboxylic acids is 1. The van der Waals surface area contributed by atoms with Gasteiger partial charge in [-0.2, -0.15) is 0 Å². The number of carbonyl (C=O) groups is 1. The van der Waals surface area contributed by atoms with Crippen LogP contribution in [0.4, 0.5) is 11.4 Å². The second-order valence-electron chi connectivity index (χ2n) is 6.81. The Labute approximate surface area is 163 Å². The monoisotopic (exact) mass is 402 g/mol. The highest BCUT2D eigenvalue weighted by Crippen LogP contribution is 2.41. The van der Waals surface area contributed by atoms with Gasteiger partial charge in [0.15, 0.2) is 4.91 Å². The van der Waals surface area contributed by atoms with Gasteiger partial charge >= 0.3 is 0 Å². The molecule has 1 fully saturated rings. The van der Waals surface area contributed by atoms with Crippen molar-refractivity contribution in [3.8, 4) is 0 Å². The van der Waals surface area contributed by atoms with Crippen LogP contribution in [0.15, 0.2) is 58.5 Å². The van der Waals surface area contributed by atoms with Gasteiger partial charge in [0.1, 0.15) is 0 Å². The molecule has 0 unspecified atom stereocenters. The minimum Gasteiger partial charge on any atom is -0.338 e. The maximum Gasteiger partial charge on any atom is 0.267 e. The van der Waals surface area contributed by atoms with Crippen LogP contribution in [0, 0.1) is 6.92 Å². The second kappa shape index (κ2) is 6.69. The van der Waals surface area contributed by atoms with Gasteiger partial charge in [0.05, 0.1) is 10.6 Å². The van der Waals surface area contributed by atoms with E-state index in [1.54, 1.807) is 15.9 Å². The largest absolute Gasteiger partial charge is 0.338 e. The summed E-state index contributed by atoms with van der Waals surface area (Å²) in [6.45, 7) is 3.15. The van der Waals surface area contributed by atoms with Crippen LogP contribution in [0.2, 0.25) is 5.02 Å². The standard InChI is InChI=1S/C20H19ClN2O3S/c1-14-4-7-16(8-5-14)23-13-19(20(24)22-10-2-3-11-22)27(25,26)18-9-6-15(21)12-17(18)23/h4-9,12-13H,2-3,10-11H2,1H3. The van der Waals surface area contributed by atoms with Crippen molar-refractivity contribution in [1.82, 2.24) is 4.90 Å². The first-order chi connectivity index (χ1) is 12.9. The summed E-state index contributed by atoms with van der Waals surface area (Å²) < 4.78 is 26.3. The normalized spacial score (nSPS) is 18.2. The fourth-order valence-electron chi connectivity index (χ4n) is 3.45. The Bertz CT molecular complexity index is 1040. The average molecular weight is 403 g/mol. The number of aryl methyl sites for hydroxylation is 1. The van der Waals surface area contributed by atoms with Crippen molar-refractivity contribution >= 4 is 38.7 Å². The second-order valence-corrected chi connectivity index (χ2v) is 9.14. The highest BCUT2D eigenvalue weighted by atomic mass is 35.5. The lowest BCUT2D eigenvalue weighted by Crippen LogP contribution is -2.35. The number of benzene rings is 2. The van der Waals surface area contributed by atoms with Crippen LogP contribution >= 0.6 is 11.6 Å². The van der Waals surface area contributed by atoms with Gasteiger partial charge in [-0.3, -0.25) is 4.79 Å². The number of amides is 1. The first kappa shape index (κ1) is 18.1. The van der Waals surface area contributed by atoms with Crippen LogP contribution in [-0.4, -0.2) is 32.3 Å². The third-order valence-corrected chi connectivity index (χ3v) is 6.94. The highest BCUT2D eigenvalue weighted by Gasteiger charge is 2.38. The Morgan fingerprint density at radius 2 is 1.70 bits per heavy atom. The van der Waals surface area contributed by atoms with E-state index in [1.165, 1.54) is 18.3 Å². The van der Waals surface area contributed by atoms with Crippen molar-refractivity contribution in [3.63, 3.8) is 0 Å². The Kier molecular flexibility index (Phi) is 4.48. The molecule has 1 amide bonds. The van der Waals surface area contributed by atoms with Crippen molar-refractivity contribution in [2.24, 2.45) is 0 Å². The van der Waals surface area contributed by atoms with E-state index in [1.807, 2.05) is 31.2 Å². The molecule has 0 saturated carbocycles. The summed E-state index contributed by atoms with van der Waals surface area (Å²) in [6.07, 6.45) is 3.22. The number of halogens is 1. The first-order valence-corrected chi connectivity index (χ1v) is 10.7. The van der Waals surface area contributed by atoms with Crippen molar-refractivity contribution in [3.05, 3.63) is 64.2 Å². The zero-order chi connectivity index (χ0) is 19.2. The van der Waals surface area contributed by atoms with Crippen LogP contribution in [0.1, 0.15) is 18.4 Å².